The third kappa shape index (κ3) is 6.75. The van der Waals surface area contributed by atoms with E-state index in [9.17, 15) is 14.7 Å². The van der Waals surface area contributed by atoms with E-state index in [1.165, 1.54) is 0 Å². The number of ether oxygens (including phenoxy) is 1. The first-order valence-corrected chi connectivity index (χ1v) is 10.7. The highest BCUT2D eigenvalue weighted by molar-refractivity contribution is 5.96. The van der Waals surface area contributed by atoms with E-state index in [1.807, 2.05) is 24.3 Å². The fourth-order valence-corrected chi connectivity index (χ4v) is 3.66. The third-order valence-corrected chi connectivity index (χ3v) is 5.49. The lowest BCUT2D eigenvalue weighted by molar-refractivity contribution is -0.133. The number of benzene rings is 2. The van der Waals surface area contributed by atoms with Crippen LogP contribution in [-0.2, 0) is 9.59 Å². The molecule has 1 aliphatic heterocycles. The number of rotatable bonds is 9. The second kappa shape index (κ2) is 12.7. The van der Waals surface area contributed by atoms with Crippen molar-refractivity contribution in [3.63, 3.8) is 0 Å². The molecule has 1 unspecified atom stereocenters. The summed E-state index contributed by atoms with van der Waals surface area (Å²) in [6.07, 6.45) is 0. The second-order valence-corrected chi connectivity index (χ2v) is 7.63. The second-order valence-electron chi connectivity index (χ2n) is 7.63. The number of carbonyl (C=O) groups is 2. The quantitative estimate of drug-likeness (QED) is 0.256. The van der Waals surface area contributed by atoms with Gasteiger partial charge in [0.05, 0.1) is 25.9 Å². The first kappa shape index (κ1) is 26.7. The lowest BCUT2D eigenvalue weighted by atomic mass is 10.1. The maximum absolute atomic E-state index is 12.6. The highest BCUT2D eigenvalue weighted by atomic mass is 35.5. The number of amidine groups is 1. The number of nitrogen functional groups attached to an aromatic ring is 1. The molecule has 0 bridgehead atoms. The zero-order valence-electron chi connectivity index (χ0n) is 19.0. The Bertz CT molecular complexity index is 997. The van der Waals surface area contributed by atoms with Gasteiger partial charge in [-0.05, 0) is 24.3 Å². The van der Waals surface area contributed by atoms with E-state index in [-0.39, 0.29) is 30.7 Å². The molecule has 2 aromatic carbocycles. The molecule has 10 nitrogen and oxygen atoms in total. The molecule has 6 N–H and O–H groups in total. The molecular weight excluding hydrogens is 460 g/mol. The van der Waals surface area contributed by atoms with E-state index in [0.29, 0.717) is 37.4 Å². The van der Waals surface area contributed by atoms with Gasteiger partial charge in [0.1, 0.15) is 17.6 Å². The number of nitrogens with zero attached hydrogens (tertiary/aromatic N) is 2. The summed E-state index contributed by atoms with van der Waals surface area (Å²) in [6.45, 7) is 1.78. The highest BCUT2D eigenvalue weighted by Gasteiger charge is 2.24. The van der Waals surface area contributed by atoms with Crippen LogP contribution >= 0.6 is 12.4 Å². The number of hydrogen-bond donors (Lipinski definition) is 5. The summed E-state index contributed by atoms with van der Waals surface area (Å²) in [7, 11) is 1.63. The number of nitrogens with one attached hydrogen (secondary N) is 3. The molecule has 0 aliphatic carbocycles. The number of halogens is 1. The van der Waals surface area contributed by atoms with Gasteiger partial charge in [-0.25, -0.2) is 0 Å². The smallest absolute Gasteiger partial charge is 0.245 e. The van der Waals surface area contributed by atoms with Crippen LogP contribution in [0.4, 0.5) is 11.4 Å². The summed E-state index contributed by atoms with van der Waals surface area (Å²) in [5.74, 6) is 0.0195. The van der Waals surface area contributed by atoms with Gasteiger partial charge in [-0.1, -0.05) is 24.3 Å². The van der Waals surface area contributed by atoms with E-state index in [0.717, 1.165) is 11.4 Å². The van der Waals surface area contributed by atoms with Crippen molar-refractivity contribution in [1.82, 2.24) is 10.2 Å². The molecule has 0 saturated carbocycles. The first-order chi connectivity index (χ1) is 15.9. The fraction of sp³-hybridized carbons (Fsp3) is 0.348. The molecule has 2 aromatic rings. The van der Waals surface area contributed by atoms with Crippen LogP contribution in [0.15, 0.2) is 48.5 Å². The third-order valence-electron chi connectivity index (χ3n) is 5.49. The average molecular weight is 491 g/mol. The van der Waals surface area contributed by atoms with Crippen molar-refractivity contribution in [2.45, 2.75) is 6.04 Å². The maximum Gasteiger partial charge on any atom is 0.245 e. The number of nitrogens with two attached hydrogens (primary N) is 1. The predicted octanol–water partition coefficient (Wildman–Crippen LogP) is 0.639. The van der Waals surface area contributed by atoms with Gasteiger partial charge in [-0.15, -0.1) is 12.4 Å². The van der Waals surface area contributed by atoms with Gasteiger partial charge in [-0.3, -0.25) is 15.0 Å². The van der Waals surface area contributed by atoms with E-state index >= 15 is 0 Å². The molecule has 0 aromatic heterocycles. The number of hydrogen-bond acceptors (Lipinski definition) is 7. The van der Waals surface area contributed by atoms with Gasteiger partial charge in [0.25, 0.3) is 0 Å². The Balaban J connectivity index is 0.00000408. The monoisotopic (exact) mass is 490 g/mol. The van der Waals surface area contributed by atoms with Crippen LogP contribution in [0.25, 0.3) is 0 Å². The van der Waals surface area contributed by atoms with Crippen LogP contribution in [0, 0.1) is 5.41 Å². The summed E-state index contributed by atoms with van der Waals surface area (Å²) >= 11 is 0. The first-order valence-electron chi connectivity index (χ1n) is 10.7. The molecule has 1 saturated heterocycles. The minimum atomic E-state index is -0.942. The van der Waals surface area contributed by atoms with Gasteiger partial charge in [0.15, 0.2) is 0 Å². The Morgan fingerprint density at radius 3 is 2.50 bits per heavy atom. The Labute approximate surface area is 205 Å². The normalized spacial score (nSPS) is 13.9. The van der Waals surface area contributed by atoms with Crippen LogP contribution in [0.2, 0.25) is 0 Å². The van der Waals surface area contributed by atoms with Gasteiger partial charge in [0.2, 0.25) is 11.8 Å². The number of aliphatic hydroxyl groups excluding tert-OH is 1. The molecule has 2 amide bonds. The molecule has 1 atom stereocenters. The molecule has 0 radical (unpaired) electrons. The number of amides is 2. The summed E-state index contributed by atoms with van der Waals surface area (Å²) in [5, 5.41) is 22.6. The number of para-hydroxylation sites is 2. The highest BCUT2D eigenvalue weighted by Crippen LogP contribution is 2.28. The van der Waals surface area contributed by atoms with E-state index < -0.39 is 18.6 Å². The minimum Gasteiger partial charge on any atom is -0.495 e. The molecule has 11 heteroatoms. The van der Waals surface area contributed by atoms with Crippen LogP contribution in [0.5, 0.6) is 5.75 Å². The van der Waals surface area contributed by atoms with Crippen LogP contribution in [0.3, 0.4) is 0 Å². The number of anilines is 2. The van der Waals surface area contributed by atoms with E-state index in [4.69, 9.17) is 15.9 Å². The van der Waals surface area contributed by atoms with Crippen molar-refractivity contribution in [2.75, 3.05) is 56.7 Å². The number of piperazine rings is 1. The molecule has 184 valence electrons. The summed E-state index contributed by atoms with van der Waals surface area (Å²) in [5.41, 5.74) is 7.52. The number of methoxy groups -OCH3 is 1. The molecule has 1 aliphatic rings. The summed E-state index contributed by atoms with van der Waals surface area (Å²) in [6, 6.07) is 13.5. The molecule has 34 heavy (non-hydrogen) atoms. The van der Waals surface area contributed by atoms with Crippen molar-refractivity contribution >= 4 is 41.4 Å². The maximum atomic E-state index is 12.6. The van der Waals surface area contributed by atoms with Crippen molar-refractivity contribution < 1.29 is 19.4 Å². The average Bonchev–Trinajstić information content (AvgIpc) is 2.85. The lowest BCUT2D eigenvalue weighted by Crippen LogP contribution is -2.52. The van der Waals surface area contributed by atoms with Crippen LogP contribution in [0.1, 0.15) is 5.56 Å². The van der Waals surface area contributed by atoms with Crippen LogP contribution in [-0.4, -0.2) is 80.1 Å². The minimum absolute atomic E-state index is 0. The largest absolute Gasteiger partial charge is 0.495 e. The summed E-state index contributed by atoms with van der Waals surface area (Å²) < 4.78 is 5.42. The number of aliphatic hydroxyl groups is 1. The van der Waals surface area contributed by atoms with Gasteiger partial charge >= 0.3 is 0 Å². The molecule has 1 heterocycles. The van der Waals surface area contributed by atoms with Crippen molar-refractivity contribution in [1.29, 1.82) is 5.41 Å². The van der Waals surface area contributed by atoms with E-state index in [2.05, 4.69) is 15.5 Å². The number of carbonyl (C=O) groups excluding carboxylic acids is 2. The van der Waals surface area contributed by atoms with Gasteiger partial charge < -0.3 is 36.0 Å². The van der Waals surface area contributed by atoms with Gasteiger partial charge in [-0.2, -0.15) is 0 Å². The zero-order valence-corrected chi connectivity index (χ0v) is 19.8. The van der Waals surface area contributed by atoms with Crippen molar-refractivity contribution in [3.05, 3.63) is 54.1 Å². The Morgan fingerprint density at radius 1 is 1.15 bits per heavy atom. The Morgan fingerprint density at radius 2 is 1.85 bits per heavy atom. The molecular formula is C23H31ClN6O4. The van der Waals surface area contributed by atoms with Crippen LogP contribution < -0.4 is 26.0 Å². The Hall–Kier alpha value is -3.50. The molecule has 1 fully saturated rings. The zero-order chi connectivity index (χ0) is 23.8. The lowest BCUT2D eigenvalue weighted by Gasteiger charge is -2.36. The SMILES string of the molecule is COc1ccccc1N1CCN(C(=O)CNC(=O)C(CO)Nc2cccc(C(=N)N)c2)CC1.Cl. The van der Waals surface area contributed by atoms with E-state index in [1.54, 1.807) is 36.3 Å². The fourth-order valence-electron chi connectivity index (χ4n) is 3.66. The summed E-state index contributed by atoms with van der Waals surface area (Å²) in [4.78, 5) is 29.0. The van der Waals surface area contributed by atoms with Crippen molar-refractivity contribution in [3.8, 4) is 5.75 Å². The van der Waals surface area contributed by atoms with Crippen molar-refractivity contribution in [2.24, 2.45) is 5.73 Å². The predicted molar refractivity (Wildman–Crippen MR) is 134 cm³/mol. The van der Waals surface area contributed by atoms with Gasteiger partial charge in [0, 0.05) is 37.4 Å². The molecule has 3 rings (SSSR count). The standard InChI is InChI=1S/C23H30N6O4.ClH/c1-33-20-8-3-2-7-19(20)28-9-11-29(12-10-28)21(31)14-26-23(32)18(15-30)27-17-6-4-5-16(13-17)22(24)25;/h2-8,13,18,27,30H,9-12,14-15H2,1H3,(H3,24,25)(H,26,32);1H. The molecule has 0 spiro atoms. The topological polar surface area (TPSA) is 144 Å². The Kier molecular flexibility index (Phi) is 9.96.